The second kappa shape index (κ2) is 9.48. The average Bonchev–Trinajstić information content (AvgIpc) is 2.34. The number of nitrogens with two attached hydrogens (primary N) is 1. The van der Waals surface area contributed by atoms with Crippen LogP contribution in [0.15, 0.2) is 0 Å². The van der Waals surface area contributed by atoms with Crippen LogP contribution in [0.2, 0.25) is 0 Å². The van der Waals surface area contributed by atoms with Crippen molar-refractivity contribution in [2.24, 2.45) is 5.73 Å². The fourth-order valence-corrected chi connectivity index (χ4v) is 1.79. The lowest BCUT2D eigenvalue weighted by molar-refractivity contribution is -0.147. The first kappa shape index (κ1) is 17.6. The minimum absolute atomic E-state index is 0.245. The molecule has 7 nitrogen and oxygen atoms in total. The quantitative estimate of drug-likeness (QED) is 0.538. The maximum Gasteiger partial charge on any atom is 0.328 e. The second-order valence-corrected chi connectivity index (χ2v) is 4.81. The zero-order valence-corrected chi connectivity index (χ0v) is 12.2. The maximum atomic E-state index is 11.9. The van der Waals surface area contributed by atoms with Crippen LogP contribution in [0.5, 0.6) is 0 Å². The molecule has 0 saturated carbocycles. The topological polar surface area (TPSA) is 111 Å². The van der Waals surface area contributed by atoms with Gasteiger partial charge < -0.3 is 21.1 Å². The van der Waals surface area contributed by atoms with E-state index >= 15 is 0 Å². The van der Waals surface area contributed by atoms with Crippen molar-refractivity contribution < 1.29 is 19.1 Å². The zero-order chi connectivity index (χ0) is 14.8. The number of nitrogens with one attached hydrogen (secondary N) is 2. The van der Waals surface area contributed by atoms with Crippen molar-refractivity contribution >= 4 is 29.7 Å². The molecular weight excluding hydrogens is 270 g/mol. The number of hydrogen-bond donors (Lipinski definition) is 3. The van der Waals surface area contributed by atoms with Gasteiger partial charge in [-0.3, -0.25) is 4.79 Å². The normalized spacial score (nSPS) is 13.2. The lowest BCUT2D eigenvalue weighted by atomic mass is 10.2. The van der Waals surface area contributed by atoms with Crippen molar-refractivity contribution in [2.75, 3.05) is 18.6 Å². The number of carbonyl (C=O) groups excluding carboxylic acids is 3. The largest absolute Gasteiger partial charge is 0.464 e. The number of primary amides is 1. The van der Waals surface area contributed by atoms with Crippen LogP contribution in [0.1, 0.15) is 20.3 Å². The molecule has 0 heterocycles. The van der Waals surface area contributed by atoms with Gasteiger partial charge in [-0.2, -0.15) is 11.8 Å². The number of rotatable bonds is 8. The van der Waals surface area contributed by atoms with Gasteiger partial charge in [0.05, 0.1) is 6.61 Å². The van der Waals surface area contributed by atoms with Crippen LogP contribution in [0.4, 0.5) is 4.79 Å². The zero-order valence-electron chi connectivity index (χ0n) is 11.4. The molecule has 19 heavy (non-hydrogen) atoms. The smallest absolute Gasteiger partial charge is 0.328 e. The minimum Gasteiger partial charge on any atom is -0.464 e. The average molecular weight is 291 g/mol. The van der Waals surface area contributed by atoms with Crippen LogP contribution in [-0.2, 0) is 14.3 Å². The van der Waals surface area contributed by atoms with Crippen LogP contribution < -0.4 is 16.4 Å². The van der Waals surface area contributed by atoms with E-state index in [0.29, 0.717) is 12.2 Å². The monoisotopic (exact) mass is 291 g/mol. The van der Waals surface area contributed by atoms with E-state index in [0.717, 1.165) is 0 Å². The number of urea groups is 1. The summed E-state index contributed by atoms with van der Waals surface area (Å²) in [5.41, 5.74) is 5.01. The van der Waals surface area contributed by atoms with Crippen LogP contribution in [0, 0.1) is 0 Å². The van der Waals surface area contributed by atoms with Crippen molar-refractivity contribution in [2.45, 2.75) is 32.4 Å². The Hall–Kier alpha value is -1.44. The molecule has 0 aromatic rings. The Balaban J connectivity index is 4.44. The highest BCUT2D eigenvalue weighted by molar-refractivity contribution is 7.98. The van der Waals surface area contributed by atoms with Crippen molar-refractivity contribution in [3.05, 3.63) is 0 Å². The van der Waals surface area contributed by atoms with Crippen LogP contribution in [0.25, 0.3) is 0 Å². The van der Waals surface area contributed by atoms with Crippen LogP contribution in [0.3, 0.4) is 0 Å². The molecule has 110 valence electrons. The Bertz CT molecular complexity index is 325. The van der Waals surface area contributed by atoms with E-state index in [9.17, 15) is 14.4 Å². The van der Waals surface area contributed by atoms with Crippen molar-refractivity contribution in [1.29, 1.82) is 0 Å². The predicted molar refractivity (Wildman–Crippen MR) is 73.7 cm³/mol. The van der Waals surface area contributed by atoms with E-state index in [4.69, 9.17) is 10.5 Å². The molecular formula is C11H21N3O4S. The highest BCUT2D eigenvalue weighted by Crippen LogP contribution is 2.02. The van der Waals surface area contributed by atoms with Crippen LogP contribution >= 0.6 is 11.8 Å². The molecule has 0 aliphatic carbocycles. The molecule has 0 aromatic heterocycles. The molecule has 0 aliphatic rings. The molecule has 2 atom stereocenters. The summed E-state index contributed by atoms with van der Waals surface area (Å²) >= 11 is 1.54. The van der Waals surface area contributed by atoms with E-state index in [1.807, 2.05) is 6.26 Å². The van der Waals surface area contributed by atoms with Gasteiger partial charge in [-0.05, 0) is 32.3 Å². The van der Waals surface area contributed by atoms with Gasteiger partial charge >= 0.3 is 12.0 Å². The Morgan fingerprint density at radius 2 is 1.95 bits per heavy atom. The van der Waals surface area contributed by atoms with Gasteiger partial charge in [0.2, 0.25) is 5.91 Å². The Labute approximate surface area is 117 Å². The molecule has 0 aliphatic heterocycles. The maximum absolute atomic E-state index is 11.9. The molecule has 0 radical (unpaired) electrons. The lowest BCUT2D eigenvalue weighted by Crippen LogP contribution is -2.52. The minimum atomic E-state index is -0.773. The number of amides is 3. The summed E-state index contributed by atoms with van der Waals surface area (Å²) in [7, 11) is 0. The molecule has 0 bridgehead atoms. The van der Waals surface area contributed by atoms with Crippen molar-refractivity contribution in [3.8, 4) is 0 Å². The first-order valence-electron chi connectivity index (χ1n) is 5.94. The third kappa shape index (κ3) is 7.55. The van der Waals surface area contributed by atoms with Gasteiger partial charge in [-0.1, -0.05) is 0 Å². The predicted octanol–water partition coefficient (Wildman–Crippen LogP) is -0.156. The van der Waals surface area contributed by atoms with Gasteiger partial charge in [0.25, 0.3) is 0 Å². The number of carbonyl (C=O) groups is 3. The first-order chi connectivity index (χ1) is 8.92. The second-order valence-electron chi connectivity index (χ2n) is 3.82. The highest BCUT2D eigenvalue weighted by atomic mass is 32.2. The number of thioether (sulfide) groups is 1. The van der Waals surface area contributed by atoms with Gasteiger partial charge in [0.15, 0.2) is 0 Å². The summed E-state index contributed by atoms with van der Waals surface area (Å²) in [5.74, 6) is -0.279. The summed E-state index contributed by atoms with van der Waals surface area (Å²) in [4.78, 5) is 34.1. The number of hydrogen-bond acceptors (Lipinski definition) is 5. The summed E-state index contributed by atoms with van der Waals surface area (Å²) in [5, 5.41) is 4.84. The van der Waals surface area contributed by atoms with Gasteiger partial charge in [0.1, 0.15) is 12.1 Å². The van der Waals surface area contributed by atoms with E-state index in [1.165, 1.54) is 6.92 Å². The Kier molecular flexibility index (Phi) is 8.77. The first-order valence-corrected chi connectivity index (χ1v) is 7.33. The van der Waals surface area contributed by atoms with Gasteiger partial charge in [-0.25, -0.2) is 9.59 Å². The molecule has 0 aromatic carbocycles. The molecule has 2 unspecified atom stereocenters. The summed E-state index contributed by atoms with van der Waals surface area (Å²) in [6.45, 7) is 3.45. The standard InChI is InChI=1S/C11H21N3O4S/c1-4-18-10(16)7(2)13-9(15)8(5-6-19-3)14-11(12)17/h7-8H,4-6H2,1-3H3,(H,13,15)(H3,12,14,17). The molecule has 0 rings (SSSR count). The van der Waals surface area contributed by atoms with E-state index < -0.39 is 30.0 Å². The molecule has 8 heteroatoms. The molecule has 0 fully saturated rings. The third-order valence-electron chi connectivity index (χ3n) is 2.24. The van der Waals surface area contributed by atoms with E-state index in [2.05, 4.69) is 10.6 Å². The summed E-state index contributed by atoms with van der Waals surface area (Å²) < 4.78 is 4.78. The fraction of sp³-hybridized carbons (Fsp3) is 0.727. The molecule has 0 spiro atoms. The van der Waals surface area contributed by atoms with Gasteiger partial charge in [0, 0.05) is 0 Å². The Morgan fingerprint density at radius 1 is 1.32 bits per heavy atom. The van der Waals surface area contributed by atoms with Crippen molar-refractivity contribution in [3.63, 3.8) is 0 Å². The molecule has 4 N–H and O–H groups in total. The third-order valence-corrected chi connectivity index (χ3v) is 2.89. The SMILES string of the molecule is CCOC(=O)C(C)NC(=O)C(CCSC)NC(N)=O. The number of esters is 1. The highest BCUT2D eigenvalue weighted by Gasteiger charge is 2.23. The van der Waals surface area contributed by atoms with Crippen LogP contribution in [-0.4, -0.2) is 48.6 Å². The summed E-state index contributed by atoms with van der Waals surface area (Å²) in [6, 6.07) is -2.29. The molecule has 0 saturated heterocycles. The summed E-state index contributed by atoms with van der Waals surface area (Å²) in [6.07, 6.45) is 2.33. The lowest BCUT2D eigenvalue weighted by Gasteiger charge is -2.19. The van der Waals surface area contributed by atoms with E-state index in [1.54, 1.807) is 18.7 Å². The van der Waals surface area contributed by atoms with E-state index in [-0.39, 0.29) is 6.61 Å². The fourth-order valence-electron chi connectivity index (χ4n) is 1.32. The van der Waals surface area contributed by atoms with Crippen molar-refractivity contribution in [1.82, 2.24) is 10.6 Å². The Morgan fingerprint density at radius 3 is 2.42 bits per heavy atom. The molecule has 3 amide bonds. The number of ether oxygens (including phenoxy) is 1. The van der Waals surface area contributed by atoms with Gasteiger partial charge in [-0.15, -0.1) is 0 Å².